The van der Waals surface area contributed by atoms with Crippen LogP contribution in [0.1, 0.15) is 6.92 Å². The van der Waals surface area contributed by atoms with Gasteiger partial charge in [-0.2, -0.15) is 0 Å². The third-order valence-electron chi connectivity index (χ3n) is 2.61. The Balaban J connectivity index is 2.04. The third kappa shape index (κ3) is 4.06. The number of amides is 1. The largest absolute Gasteiger partial charge is 0.479 e. The average molecular weight is 310 g/mol. The van der Waals surface area contributed by atoms with Crippen molar-refractivity contribution in [2.45, 2.75) is 13.0 Å². The molecule has 5 nitrogen and oxygen atoms in total. The fraction of sp³-hybridized carbons (Fsp3) is 0.143. The zero-order chi connectivity index (χ0) is 15.4. The van der Waals surface area contributed by atoms with Crippen LogP contribution < -0.4 is 15.8 Å². The molecule has 2 rings (SSSR count). The number of rotatable bonds is 4. The lowest BCUT2D eigenvalue weighted by Crippen LogP contribution is -2.30. The third-order valence-corrected chi connectivity index (χ3v) is 2.82. The smallest absolute Gasteiger partial charge is 0.265 e. The molecular formula is C14H13ClFN3O2. The number of nitrogens with zero attached hydrogens (tertiary/aromatic N) is 1. The lowest BCUT2D eigenvalue weighted by Gasteiger charge is -2.15. The quantitative estimate of drug-likeness (QED) is 0.851. The number of benzene rings is 1. The molecule has 21 heavy (non-hydrogen) atoms. The number of hydrogen-bond acceptors (Lipinski definition) is 4. The highest BCUT2D eigenvalue weighted by Crippen LogP contribution is 2.19. The Labute approximate surface area is 125 Å². The van der Waals surface area contributed by atoms with Gasteiger partial charge in [0.25, 0.3) is 5.91 Å². The molecule has 1 aromatic heterocycles. The van der Waals surface area contributed by atoms with Crippen molar-refractivity contribution in [3.8, 4) is 5.75 Å². The number of nitrogens with two attached hydrogens (primary N) is 1. The summed E-state index contributed by atoms with van der Waals surface area (Å²) in [6.45, 7) is 1.53. The first-order valence-electron chi connectivity index (χ1n) is 6.09. The summed E-state index contributed by atoms with van der Waals surface area (Å²) < 4.78 is 18.9. The van der Waals surface area contributed by atoms with Crippen LogP contribution in [-0.4, -0.2) is 17.0 Å². The van der Waals surface area contributed by atoms with E-state index in [2.05, 4.69) is 10.3 Å². The fourth-order valence-electron chi connectivity index (χ4n) is 1.59. The average Bonchev–Trinajstić information content (AvgIpc) is 2.43. The van der Waals surface area contributed by atoms with E-state index < -0.39 is 17.8 Å². The lowest BCUT2D eigenvalue weighted by molar-refractivity contribution is -0.122. The Bertz CT molecular complexity index is 666. The second-order valence-electron chi connectivity index (χ2n) is 4.33. The van der Waals surface area contributed by atoms with Crippen molar-refractivity contribution in [3.05, 3.63) is 47.5 Å². The molecule has 0 spiro atoms. The maximum absolute atomic E-state index is 13.5. The second kappa shape index (κ2) is 6.41. The summed E-state index contributed by atoms with van der Waals surface area (Å²) >= 11 is 5.77. The van der Waals surface area contributed by atoms with Gasteiger partial charge < -0.3 is 15.8 Å². The van der Waals surface area contributed by atoms with Gasteiger partial charge in [0.15, 0.2) is 6.10 Å². The Morgan fingerprint density at radius 1 is 1.43 bits per heavy atom. The molecule has 0 saturated carbocycles. The molecule has 0 aliphatic rings. The van der Waals surface area contributed by atoms with E-state index >= 15 is 0 Å². The topological polar surface area (TPSA) is 77.2 Å². The van der Waals surface area contributed by atoms with E-state index in [0.717, 1.165) is 0 Å². The summed E-state index contributed by atoms with van der Waals surface area (Å²) in [5.41, 5.74) is 5.89. The van der Waals surface area contributed by atoms with Gasteiger partial charge in [0, 0.05) is 18.0 Å². The molecule has 0 saturated heterocycles. The standard InChI is InChI=1S/C14H13ClFN3O2/c1-8(21-11-4-9(15)6-18-7-11)14(20)19-13-5-10(17)2-3-12(13)16/h2-8H,17H2,1H3,(H,19,20). The molecule has 0 aliphatic carbocycles. The molecule has 2 aromatic rings. The van der Waals surface area contributed by atoms with Crippen LogP contribution in [0.5, 0.6) is 5.75 Å². The number of hydrogen-bond donors (Lipinski definition) is 2. The monoisotopic (exact) mass is 309 g/mol. The zero-order valence-electron chi connectivity index (χ0n) is 11.1. The number of anilines is 2. The van der Waals surface area contributed by atoms with Gasteiger partial charge in [-0.3, -0.25) is 9.78 Å². The predicted molar refractivity (Wildman–Crippen MR) is 78.8 cm³/mol. The molecule has 1 heterocycles. The minimum atomic E-state index is -0.855. The van der Waals surface area contributed by atoms with Crippen LogP contribution in [0.25, 0.3) is 0 Å². The van der Waals surface area contributed by atoms with E-state index in [-0.39, 0.29) is 5.69 Å². The zero-order valence-corrected chi connectivity index (χ0v) is 11.9. The number of aromatic nitrogens is 1. The fourth-order valence-corrected chi connectivity index (χ4v) is 1.75. The van der Waals surface area contributed by atoms with E-state index in [4.69, 9.17) is 22.1 Å². The van der Waals surface area contributed by atoms with Crippen LogP contribution in [0, 0.1) is 5.82 Å². The van der Waals surface area contributed by atoms with Crippen molar-refractivity contribution in [2.24, 2.45) is 0 Å². The van der Waals surface area contributed by atoms with Gasteiger partial charge in [-0.1, -0.05) is 11.6 Å². The molecule has 0 bridgehead atoms. The molecule has 110 valence electrons. The van der Waals surface area contributed by atoms with Gasteiger partial charge in [-0.05, 0) is 25.1 Å². The summed E-state index contributed by atoms with van der Waals surface area (Å²) in [6, 6.07) is 5.44. The number of nitrogens with one attached hydrogen (secondary N) is 1. The molecule has 0 radical (unpaired) electrons. The summed E-state index contributed by atoms with van der Waals surface area (Å²) in [7, 11) is 0. The molecule has 1 atom stereocenters. The Kier molecular flexibility index (Phi) is 4.59. The van der Waals surface area contributed by atoms with Crippen molar-refractivity contribution < 1.29 is 13.9 Å². The van der Waals surface area contributed by atoms with Gasteiger partial charge in [0.05, 0.1) is 16.9 Å². The van der Waals surface area contributed by atoms with Gasteiger partial charge in [0.1, 0.15) is 11.6 Å². The molecule has 0 fully saturated rings. The maximum atomic E-state index is 13.5. The van der Waals surface area contributed by atoms with Crippen molar-refractivity contribution in [2.75, 3.05) is 11.1 Å². The van der Waals surface area contributed by atoms with Crippen molar-refractivity contribution in [1.29, 1.82) is 0 Å². The van der Waals surface area contributed by atoms with Crippen LogP contribution >= 0.6 is 11.6 Å². The molecule has 7 heteroatoms. The number of ether oxygens (including phenoxy) is 1. The summed E-state index contributed by atoms with van der Waals surface area (Å²) in [5.74, 6) is -0.744. The van der Waals surface area contributed by atoms with Crippen molar-refractivity contribution in [3.63, 3.8) is 0 Å². The van der Waals surface area contributed by atoms with Crippen LogP contribution in [0.3, 0.4) is 0 Å². The highest BCUT2D eigenvalue weighted by molar-refractivity contribution is 6.30. The van der Waals surface area contributed by atoms with E-state index in [9.17, 15) is 9.18 Å². The molecule has 0 aliphatic heterocycles. The summed E-state index contributed by atoms with van der Waals surface area (Å²) in [4.78, 5) is 15.8. The predicted octanol–water partition coefficient (Wildman–Crippen LogP) is 2.86. The van der Waals surface area contributed by atoms with Crippen LogP contribution in [0.4, 0.5) is 15.8 Å². The molecule has 3 N–H and O–H groups in total. The molecule has 1 amide bonds. The molecule has 1 unspecified atom stereocenters. The van der Waals surface area contributed by atoms with Crippen LogP contribution in [0.15, 0.2) is 36.7 Å². The minimum absolute atomic E-state index is 0.000306. The number of nitrogen functional groups attached to an aromatic ring is 1. The van der Waals surface area contributed by atoms with Crippen molar-refractivity contribution >= 4 is 28.9 Å². The van der Waals surface area contributed by atoms with Gasteiger partial charge in [0.2, 0.25) is 0 Å². The minimum Gasteiger partial charge on any atom is -0.479 e. The summed E-state index contributed by atoms with van der Waals surface area (Å²) in [5, 5.41) is 2.80. The Morgan fingerprint density at radius 3 is 2.90 bits per heavy atom. The van der Waals surface area contributed by atoms with E-state index in [0.29, 0.717) is 16.5 Å². The van der Waals surface area contributed by atoms with Crippen molar-refractivity contribution in [1.82, 2.24) is 4.98 Å². The number of carbonyl (C=O) groups excluding carboxylic acids is 1. The number of carbonyl (C=O) groups is 1. The van der Waals surface area contributed by atoms with E-state index in [1.807, 2.05) is 0 Å². The molecular weight excluding hydrogens is 297 g/mol. The van der Waals surface area contributed by atoms with E-state index in [1.54, 1.807) is 0 Å². The lowest BCUT2D eigenvalue weighted by atomic mass is 10.2. The Morgan fingerprint density at radius 2 is 2.19 bits per heavy atom. The van der Waals surface area contributed by atoms with Gasteiger partial charge in [-0.15, -0.1) is 0 Å². The normalized spacial score (nSPS) is 11.8. The first kappa shape index (κ1) is 15.1. The SMILES string of the molecule is CC(Oc1cncc(Cl)c1)C(=O)Nc1cc(N)ccc1F. The number of pyridine rings is 1. The van der Waals surface area contributed by atoms with Crippen LogP contribution in [0.2, 0.25) is 5.02 Å². The molecule has 1 aromatic carbocycles. The summed E-state index contributed by atoms with van der Waals surface area (Å²) in [6.07, 6.45) is 2.02. The van der Waals surface area contributed by atoms with Crippen LogP contribution in [-0.2, 0) is 4.79 Å². The maximum Gasteiger partial charge on any atom is 0.265 e. The van der Waals surface area contributed by atoms with Gasteiger partial charge >= 0.3 is 0 Å². The number of halogens is 2. The Hall–Kier alpha value is -2.34. The highest BCUT2D eigenvalue weighted by atomic mass is 35.5. The first-order valence-corrected chi connectivity index (χ1v) is 6.46. The van der Waals surface area contributed by atoms with Gasteiger partial charge in [-0.25, -0.2) is 4.39 Å². The first-order chi connectivity index (χ1) is 9.95. The van der Waals surface area contributed by atoms with E-state index in [1.165, 1.54) is 43.6 Å². The second-order valence-corrected chi connectivity index (χ2v) is 4.76. The highest BCUT2D eigenvalue weighted by Gasteiger charge is 2.17.